The lowest BCUT2D eigenvalue weighted by Gasteiger charge is -2.24. The molecule has 2 nitrogen and oxygen atoms in total. The van der Waals surface area contributed by atoms with Crippen molar-refractivity contribution in [1.29, 1.82) is 0 Å². The van der Waals surface area contributed by atoms with E-state index in [-0.39, 0.29) is 24.0 Å². The van der Waals surface area contributed by atoms with E-state index in [1.54, 1.807) is 18.2 Å². The third-order valence-corrected chi connectivity index (χ3v) is 2.69. The predicted octanol–water partition coefficient (Wildman–Crippen LogP) is 2.03. The summed E-state index contributed by atoms with van der Waals surface area (Å²) >= 11 is 0. The van der Waals surface area contributed by atoms with Gasteiger partial charge in [-0.3, -0.25) is 4.79 Å². The molecule has 4 heteroatoms. The standard InChI is InChI=1S/C11H12FNO.ClH/c1-11(6-8(14)7-13-11)9-4-2-3-5-10(9)12;/h2-5,13H,6-7H2,1H3;1H. The molecule has 1 heterocycles. The van der Waals surface area contributed by atoms with Crippen molar-refractivity contribution in [3.63, 3.8) is 0 Å². The summed E-state index contributed by atoms with van der Waals surface area (Å²) in [5.41, 5.74) is 0.0495. The fourth-order valence-corrected chi connectivity index (χ4v) is 1.91. The second kappa shape index (κ2) is 4.29. The summed E-state index contributed by atoms with van der Waals surface area (Å²) in [6.45, 7) is 2.20. The molecule has 0 amide bonds. The average molecular weight is 230 g/mol. The highest BCUT2D eigenvalue weighted by Gasteiger charge is 2.36. The molecule has 1 aliphatic heterocycles. The summed E-state index contributed by atoms with van der Waals surface area (Å²) in [7, 11) is 0. The van der Waals surface area contributed by atoms with E-state index in [1.165, 1.54) is 6.07 Å². The zero-order valence-electron chi connectivity index (χ0n) is 8.42. The Morgan fingerprint density at radius 3 is 2.60 bits per heavy atom. The molecule has 0 spiro atoms. The van der Waals surface area contributed by atoms with E-state index in [4.69, 9.17) is 0 Å². The first-order valence-corrected chi connectivity index (χ1v) is 4.63. The lowest BCUT2D eigenvalue weighted by molar-refractivity contribution is -0.116. The number of carbonyl (C=O) groups excluding carboxylic acids is 1. The minimum atomic E-state index is -0.525. The first-order chi connectivity index (χ1) is 6.62. The van der Waals surface area contributed by atoms with Gasteiger partial charge in [0.05, 0.1) is 12.1 Å². The van der Waals surface area contributed by atoms with E-state index in [0.717, 1.165) is 0 Å². The van der Waals surface area contributed by atoms with Gasteiger partial charge < -0.3 is 5.32 Å². The first kappa shape index (κ1) is 12.1. The summed E-state index contributed by atoms with van der Waals surface area (Å²) in [5, 5.41) is 3.05. The molecule has 0 aromatic heterocycles. The van der Waals surface area contributed by atoms with Gasteiger partial charge in [0.1, 0.15) is 11.6 Å². The highest BCUT2D eigenvalue weighted by molar-refractivity contribution is 5.85. The van der Waals surface area contributed by atoms with E-state index in [0.29, 0.717) is 18.5 Å². The van der Waals surface area contributed by atoms with Crippen molar-refractivity contribution < 1.29 is 9.18 Å². The number of Topliss-reactive ketones (excluding diaryl/α,β-unsaturated/α-hetero) is 1. The van der Waals surface area contributed by atoms with Crippen LogP contribution < -0.4 is 5.32 Å². The van der Waals surface area contributed by atoms with Crippen LogP contribution >= 0.6 is 12.4 Å². The summed E-state index contributed by atoms with van der Waals surface area (Å²) < 4.78 is 13.5. The minimum Gasteiger partial charge on any atom is -0.300 e. The third-order valence-electron chi connectivity index (χ3n) is 2.69. The number of nitrogens with one attached hydrogen (secondary N) is 1. The maximum absolute atomic E-state index is 13.5. The molecule has 82 valence electrons. The van der Waals surface area contributed by atoms with Crippen LogP contribution in [0.25, 0.3) is 0 Å². The maximum Gasteiger partial charge on any atom is 0.148 e. The molecule has 15 heavy (non-hydrogen) atoms. The van der Waals surface area contributed by atoms with Crippen LogP contribution in [0, 0.1) is 5.82 Å². The number of halogens is 2. The number of ketones is 1. The molecule has 1 unspecified atom stereocenters. The fourth-order valence-electron chi connectivity index (χ4n) is 1.91. The molecule has 1 aromatic carbocycles. The molecular weight excluding hydrogens is 217 g/mol. The molecule has 1 atom stereocenters. The van der Waals surface area contributed by atoms with Crippen LogP contribution in [-0.2, 0) is 10.3 Å². The van der Waals surface area contributed by atoms with Gasteiger partial charge in [-0.2, -0.15) is 0 Å². The fraction of sp³-hybridized carbons (Fsp3) is 0.364. The zero-order chi connectivity index (χ0) is 10.2. The van der Waals surface area contributed by atoms with Gasteiger partial charge in [-0.05, 0) is 13.0 Å². The van der Waals surface area contributed by atoms with Gasteiger partial charge in [-0.15, -0.1) is 12.4 Å². The van der Waals surface area contributed by atoms with E-state index >= 15 is 0 Å². The number of hydrogen-bond acceptors (Lipinski definition) is 2. The predicted molar refractivity (Wildman–Crippen MR) is 58.6 cm³/mol. The lowest BCUT2D eigenvalue weighted by atomic mass is 9.90. The molecule has 0 radical (unpaired) electrons. The molecule has 0 bridgehead atoms. The molecule has 1 saturated heterocycles. The van der Waals surface area contributed by atoms with Crippen LogP contribution in [-0.4, -0.2) is 12.3 Å². The summed E-state index contributed by atoms with van der Waals surface area (Å²) in [6.07, 6.45) is 0.369. The van der Waals surface area contributed by atoms with E-state index in [1.807, 2.05) is 6.92 Å². The quantitative estimate of drug-likeness (QED) is 0.799. The Bertz CT molecular complexity index is 383. The van der Waals surface area contributed by atoms with Crippen LogP contribution in [0.15, 0.2) is 24.3 Å². The van der Waals surface area contributed by atoms with Gasteiger partial charge in [-0.25, -0.2) is 4.39 Å². The summed E-state index contributed by atoms with van der Waals surface area (Å²) in [5.74, 6) is -0.118. The first-order valence-electron chi connectivity index (χ1n) is 4.63. The van der Waals surface area contributed by atoms with Crippen molar-refractivity contribution in [3.8, 4) is 0 Å². The molecule has 0 aliphatic carbocycles. The molecule has 1 fully saturated rings. The molecule has 1 N–H and O–H groups in total. The van der Waals surface area contributed by atoms with Gasteiger partial charge >= 0.3 is 0 Å². The summed E-state index contributed by atoms with van der Waals surface area (Å²) in [6, 6.07) is 6.58. The Kier molecular flexibility index (Phi) is 3.47. The molecule has 1 aromatic rings. The van der Waals surface area contributed by atoms with Crippen molar-refractivity contribution in [2.75, 3.05) is 6.54 Å². The van der Waals surface area contributed by atoms with Crippen LogP contribution in [0.2, 0.25) is 0 Å². The highest BCUT2D eigenvalue weighted by Crippen LogP contribution is 2.30. The van der Waals surface area contributed by atoms with Gasteiger partial charge in [0, 0.05) is 12.0 Å². The minimum absolute atomic E-state index is 0. The molecule has 2 rings (SSSR count). The van der Waals surface area contributed by atoms with Crippen molar-refractivity contribution >= 4 is 18.2 Å². The normalized spacial score (nSPS) is 25.1. The number of rotatable bonds is 1. The lowest BCUT2D eigenvalue weighted by Crippen LogP contribution is -2.34. The van der Waals surface area contributed by atoms with Crippen LogP contribution in [0.3, 0.4) is 0 Å². The van der Waals surface area contributed by atoms with Gasteiger partial charge in [-0.1, -0.05) is 18.2 Å². The maximum atomic E-state index is 13.5. The Morgan fingerprint density at radius 2 is 2.07 bits per heavy atom. The monoisotopic (exact) mass is 229 g/mol. The van der Waals surface area contributed by atoms with E-state index in [9.17, 15) is 9.18 Å². The highest BCUT2D eigenvalue weighted by atomic mass is 35.5. The van der Waals surface area contributed by atoms with Crippen LogP contribution in [0.1, 0.15) is 18.9 Å². The van der Waals surface area contributed by atoms with Crippen molar-refractivity contribution in [1.82, 2.24) is 5.32 Å². The third kappa shape index (κ3) is 2.19. The van der Waals surface area contributed by atoms with Gasteiger partial charge in [0.25, 0.3) is 0 Å². The van der Waals surface area contributed by atoms with Crippen LogP contribution in [0.5, 0.6) is 0 Å². The van der Waals surface area contributed by atoms with Crippen molar-refractivity contribution in [3.05, 3.63) is 35.6 Å². The zero-order valence-corrected chi connectivity index (χ0v) is 9.23. The second-order valence-corrected chi connectivity index (χ2v) is 3.88. The molecule has 0 saturated carbocycles. The number of benzene rings is 1. The SMILES string of the molecule is CC1(c2ccccc2F)CC(=O)CN1.Cl. The van der Waals surface area contributed by atoms with Gasteiger partial charge in [0.15, 0.2) is 0 Å². The van der Waals surface area contributed by atoms with Crippen molar-refractivity contribution in [2.45, 2.75) is 18.9 Å². The second-order valence-electron chi connectivity index (χ2n) is 3.88. The van der Waals surface area contributed by atoms with E-state index in [2.05, 4.69) is 5.32 Å². The number of carbonyl (C=O) groups is 1. The smallest absolute Gasteiger partial charge is 0.148 e. The Hall–Kier alpha value is -0.930. The van der Waals surface area contributed by atoms with Crippen molar-refractivity contribution in [2.24, 2.45) is 0 Å². The summed E-state index contributed by atoms with van der Waals surface area (Å²) in [4.78, 5) is 11.2. The Balaban J connectivity index is 0.00000112. The Labute approximate surface area is 94.3 Å². The van der Waals surface area contributed by atoms with E-state index < -0.39 is 5.54 Å². The van der Waals surface area contributed by atoms with Gasteiger partial charge in [0.2, 0.25) is 0 Å². The Morgan fingerprint density at radius 1 is 1.40 bits per heavy atom. The largest absolute Gasteiger partial charge is 0.300 e. The average Bonchev–Trinajstić information content (AvgIpc) is 2.48. The molecular formula is C11H13ClFNO. The molecule has 1 aliphatic rings. The number of hydrogen-bond donors (Lipinski definition) is 1. The topological polar surface area (TPSA) is 29.1 Å². The van der Waals surface area contributed by atoms with Crippen LogP contribution in [0.4, 0.5) is 4.39 Å².